The van der Waals surface area contributed by atoms with Crippen molar-refractivity contribution in [1.82, 2.24) is 10.2 Å². The molecule has 0 amide bonds. The lowest BCUT2D eigenvalue weighted by molar-refractivity contribution is -0.137. The molecule has 96 valence electrons. The van der Waals surface area contributed by atoms with Crippen molar-refractivity contribution in [3.63, 3.8) is 0 Å². The van der Waals surface area contributed by atoms with Gasteiger partial charge >= 0.3 is 6.18 Å². The number of nitrogens with zero attached hydrogens (tertiary/aromatic N) is 1. The second kappa shape index (κ2) is 5.84. The molecule has 2 atom stereocenters. The lowest BCUT2D eigenvalue weighted by Gasteiger charge is -2.21. The van der Waals surface area contributed by atoms with Gasteiger partial charge < -0.3 is 15.0 Å². The zero-order valence-corrected chi connectivity index (χ0v) is 9.68. The van der Waals surface area contributed by atoms with Crippen molar-refractivity contribution >= 4 is 0 Å². The monoisotopic (exact) mass is 240 g/mol. The number of ether oxygens (including phenoxy) is 1. The fourth-order valence-corrected chi connectivity index (χ4v) is 1.89. The van der Waals surface area contributed by atoms with E-state index in [1.807, 2.05) is 0 Å². The van der Waals surface area contributed by atoms with Crippen LogP contribution in [0.2, 0.25) is 0 Å². The molecule has 1 saturated heterocycles. The number of hydrogen-bond acceptors (Lipinski definition) is 3. The fraction of sp³-hybridized carbons (Fsp3) is 1.00. The normalized spacial score (nSPS) is 26.6. The molecule has 0 radical (unpaired) electrons. The molecule has 1 aliphatic rings. The van der Waals surface area contributed by atoms with E-state index in [0.29, 0.717) is 6.54 Å². The molecule has 2 unspecified atom stereocenters. The maximum Gasteiger partial charge on any atom is 0.390 e. The molecule has 1 aliphatic heterocycles. The molecule has 0 aromatic carbocycles. The molecule has 3 nitrogen and oxygen atoms in total. The van der Waals surface area contributed by atoms with E-state index in [1.165, 1.54) is 0 Å². The van der Waals surface area contributed by atoms with Crippen LogP contribution in [0.4, 0.5) is 13.2 Å². The molecule has 16 heavy (non-hydrogen) atoms. The number of hydrogen-bond donors (Lipinski definition) is 1. The number of likely N-dealkylation sites (N-methyl/N-ethyl adjacent to an activating group) is 1. The molecule has 6 heteroatoms. The highest BCUT2D eigenvalue weighted by Crippen LogP contribution is 2.19. The number of halogens is 3. The molecule has 0 aromatic rings. The fourth-order valence-electron chi connectivity index (χ4n) is 1.89. The smallest absolute Gasteiger partial charge is 0.380 e. The zero-order chi connectivity index (χ0) is 12.2. The summed E-state index contributed by atoms with van der Waals surface area (Å²) in [5, 5.41) is 3.24. The number of nitrogens with one attached hydrogen (secondary N) is 1. The van der Waals surface area contributed by atoms with E-state index in [2.05, 4.69) is 5.32 Å². The average molecular weight is 240 g/mol. The Labute approximate surface area is 93.9 Å². The van der Waals surface area contributed by atoms with Crippen LogP contribution in [0.3, 0.4) is 0 Å². The van der Waals surface area contributed by atoms with Crippen molar-refractivity contribution in [3.05, 3.63) is 0 Å². The van der Waals surface area contributed by atoms with Crippen LogP contribution in [0, 0.1) is 0 Å². The van der Waals surface area contributed by atoms with Crippen LogP contribution in [-0.2, 0) is 4.74 Å². The van der Waals surface area contributed by atoms with Crippen molar-refractivity contribution in [2.75, 3.05) is 33.8 Å². The third kappa shape index (κ3) is 5.14. The molecule has 0 spiro atoms. The molecular weight excluding hydrogens is 221 g/mol. The summed E-state index contributed by atoms with van der Waals surface area (Å²) in [5.41, 5.74) is 0. The first-order valence-corrected chi connectivity index (χ1v) is 5.42. The molecule has 0 aromatic heterocycles. The highest BCUT2D eigenvalue weighted by molar-refractivity contribution is 4.83. The lowest BCUT2D eigenvalue weighted by Crippen LogP contribution is -2.36. The summed E-state index contributed by atoms with van der Waals surface area (Å²) < 4.78 is 41.1. The Kier molecular flexibility index (Phi) is 5.01. The molecular formula is C10H19F3N2O. The SMILES string of the molecule is COC1CNC(CN(C)CCC(F)(F)F)C1. The molecule has 0 saturated carbocycles. The molecule has 0 aliphatic carbocycles. The maximum absolute atomic E-state index is 12.0. The Bertz CT molecular complexity index is 211. The Morgan fingerprint density at radius 3 is 2.62 bits per heavy atom. The van der Waals surface area contributed by atoms with Crippen molar-refractivity contribution in [2.45, 2.75) is 31.2 Å². The molecule has 0 bridgehead atoms. The van der Waals surface area contributed by atoms with Crippen LogP contribution < -0.4 is 5.32 Å². The van der Waals surface area contributed by atoms with Crippen LogP contribution >= 0.6 is 0 Å². The standard InChI is InChI=1S/C10H19F3N2O/c1-15(4-3-10(11,12)13)7-8-5-9(16-2)6-14-8/h8-9,14H,3-7H2,1-2H3. The Balaban J connectivity index is 2.17. The summed E-state index contributed by atoms with van der Waals surface area (Å²) in [6, 6.07) is 0.239. The molecule has 1 N–H and O–H groups in total. The van der Waals surface area contributed by atoms with Crippen LogP contribution in [0.5, 0.6) is 0 Å². The number of methoxy groups -OCH3 is 1. The molecule has 1 fully saturated rings. The van der Waals surface area contributed by atoms with E-state index in [1.54, 1.807) is 19.1 Å². The maximum atomic E-state index is 12.0. The summed E-state index contributed by atoms with van der Waals surface area (Å²) in [6.45, 7) is 1.48. The Morgan fingerprint density at radius 1 is 1.44 bits per heavy atom. The van der Waals surface area contributed by atoms with E-state index < -0.39 is 12.6 Å². The van der Waals surface area contributed by atoms with E-state index >= 15 is 0 Å². The van der Waals surface area contributed by atoms with Gasteiger partial charge in [-0.1, -0.05) is 0 Å². The molecule has 1 rings (SSSR count). The van der Waals surface area contributed by atoms with E-state index in [4.69, 9.17) is 4.74 Å². The van der Waals surface area contributed by atoms with Crippen molar-refractivity contribution < 1.29 is 17.9 Å². The van der Waals surface area contributed by atoms with E-state index in [0.717, 1.165) is 13.0 Å². The van der Waals surface area contributed by atoms with Gasteiger partial charge in [0, 0.05) is 32.8 Å². The van der Waals surface area contributed by atoms with Crippen molar-refractivity contribution in [2.24, 2.45) is 0 Å². The average Bonchev–Trinajstić information content (AvgIpc) is 2.61. The highest BCUT2D eigenvalue weighted by atomic mass is 19.4. The summed E-state index contributed by atoms with van der Waals surface area (Å²) in [7, 11) is 3.37. The van der Waals surface area contributed by atoms with Gasteiger partial charge in [-0.3, -0.25) is 0 Å². The number of alkyl halides is 3. The molecule has 1 heterocycles. The van der Waals surface area contributed by atoms with Gasteiger partial charge in [0.1, 0.15) is 0 Å². The van der Waals surface area contributed by atoms with Gasteiger partial charge in [-0.25, -0.2) is 0 Å². The first-order chi connectivity index (χ1) is 7.40. The minimum Gasteiger partial charge on any atom is -0.380 e. The van der Waals surface area contributed by atoms with Crippen molar-refractivity contribution in [3.8, 4) is 0 Å². The number of rotatable bonds is 5. The van der Waals surface area contributed by atoms with Crippen LogP contribution in [0.15, 0.2) is 0 Å². The third-order valence-corrected chi connectivity index (χ3v) is 2.82. The lowest BCUT2D eigenvalue weighted by atomic mass is 10.2. The second-order valence-electron chi connectivity index (χ2n) is 4.33. The van der Waals surface area contributed by atoms with Gasteiger partial charge in [0.15, 0.2) is 0 Å². The zero-order valence-electron chi connectivity index (χ0n) is 9.68. The second-order valence-corrected chi connectivity index (χ2v) is 4.33. The summed E-state index contributed by atoms with van der Waals surface area (Å²) >= 11 is 0. The third-order valence-electron chi connectivity index (χ3n) is 2.82. The van der Waals surface area contributed by atoms with Gasteiger partial charge in [-0.2, -0.15) is 13.2 Å². The highest BCUT2D eigenvalue weighted by Gasteiger charge is 2.29. The van der Waals surface area contributed by atoms with E-state index in [9.17, 15) is 13.2 Å². The minimum atomic E-state index is -4.06. The topological polar surface area (TPSA) is 24.5 Å². The minimum absolute atomic E-state index is 0.0549. The van der Waals surface area contributed by atoms with Gasteiger partial charge in [0.2, 0.25) is 0 Å². The Hall–Kier alpha value is -0.330. The van der Waals surface area contributed by atoms with Crippen LogP contribution in [0.25, 0.3) is 0 Å². The van der Waals surface area contributed by atoms with Gasteiger partial charge in [-0.15, -0.1) is 0 Å². The first kappa shape index (κ1) is 13.7. The van der Waals surface area contributed by atoms with E-state index in [-0.39, 0.29) is 18.7 Å². The van der Waals surface area contributed by atoms with Gasteiger partial charge in [-0.05, 0) is 13.5 Å². The summed E-state index contributed by atoms with van der Waals surface area (Å²) in [5.74, 6) is 0. The Morgan fingerprint density at radius 2 is 2.12 bits per heavy atom. The largest absolute Gasteiger partial charge is 0.390 e. The summed E-state index contributed by atoms with van der Waals surface area (Å²) in [4.78, 5) is 1.71. The van der Waals surface area contributed by atoms with Gasteiger partial charge in [0.05, 0.1) is 12.5 Å². The summed E-state index contributed by atoms with van der Waals surface area (Å²) in [6.07, 6.45) is -3.75. The van der Waals surface area contributed by atoms with Crippen LogP contribution in [-0.4, -0.2) is 57.0 Å². The first-order valence-electron chi connectivity index (χ1n) is 5.42. The quantitative estimate of drug-likeness (QED) is 0.782. The van der Waals surface area contributed by atoms with Crippen LogP contribution in [0.1, 0.15) is 12.8 Å². The predicted octanol–water partition coefficient (Wildman–Crippen LogP) is 1.25. The van der Waals surface area contributed by atoms with Gasteiger partial charge in [0.25, 0.3) is 0 Å². The predicted molar refractivity (Wildman–Crippen MR) is 55.4 cm³/mol. The van der Waals surface area contributed by atoms with Crippen molar-refractivity contribution in [1.29, 1.82) is 0 Å².